The van der Waals surface area contributed by atoms with Gasteiger partial charge in [-0.25, -0.2) is 13.2 Å². The number of aromatic amines is 1. The van der Waals surface area contributed by atoms with Gasteiger partial charge in [0.25, 0.3) is 0 Å². The molecule has 19 heavy (non-hydrogen) atoms. The zero-order valence-electron chi connectivity index (χ0n) is 10.8. The maximum atomic E-state index is 13.6. The number of nitrogens with one attached hydrogen (secondary N) is 1. The summed E-state index contributed by atoms with van der Waals surface area (Å²) in [4.78, 5) is 2.94. The number of benzene rings is 1. The van der Waals surface area contributed by atoms with Gasteiger partial charge in [0.05, 0.1) is 5.69 Å². The van der Waals surface area contributed by atoms with E-state index in [0.29, 0.717) is 5.69 Å². The molecule has 0 saturated carbocycles. The number of aliphatic hydroxyl groups is 1. The standard InChI is InChI=1S/C14H14F3NO/c1-6-7(2)13(18-8(6)3)14(19)9-4-5-10(15)12(17)11(9)16/h4-5,14,18-19H,1-3H3. The molecule has 2 nitrogen and oxygen atoms in total. The van der Waals surface area contributed by atoms with E-state index in [2.05, 4.69) is 4.98 Å². The minimum atomic E-state index is -1.57. The van der Waals surface area contributed by atoms with Crippen molar-refractivity contribution in [3.63, 3.8) is 0 Å². The maximum absolute atomic E-state index is 13.6. The highest BCUT2D eigenvalue weighted by molar-refractivity contribution is 5.39. The Kier molecular flexibility index (Phi) is 3.41. The number of hydrogen-bond donors (Lipinski definition) is 2. The van der Waals surface area contributed by atoms with Gasteiger partial charge in [0.15, 0.2) is 17.5 Å². The molecule has 0 amide bonds. The van der Waals surface area contributed by atoms with Crippen LogP contribution in [0.5, 0.6) is 0 Å². The Balaban J connectivity index is 2.53. The second-order valence-electron chi connectivity index (χ2n) is 4.58. The number of aliphatic hydroxyl groups excluding tert-OH is 1. The van der Waals surface area contributed by atoms with E-state index in [1.54, 1.807) is 6.92 Å². The van der Waals surface area contributed by atoms with Crippen molar-refractivity contribution < 1.29 is 18.3 Å². The van der Waals surface area contributed by atoms with Gasteiger partial charge in [-0.15, -0.1) is 0 Å². The Morgan fingerprint density at radius 3 is 2.16 bits per heavy atom. The first-order valence-corrected chi connectivity index (χ1v) is 5.81. The average molecular weight is 269 g/mol. The number of H-pyrrole nitrogens is 1. The average Bonchev–Trinajstić information content (AvgIpc) is 2.63. The van der Waals surface area contributed by atoms with Crippen LogP contribution in [0.4, 0.5) is 13.2 Å². The molecular formula is C14H14F3NO. The second-order valence-corrected chi connectivity index (χ2v) is 4.58. The molecule has 1 aromatic carbocycles. The lowest BCUT2D eigenvalue weighted by molar-refractivity contribution is 0.207. The molecule has 1 heterocycles. The Labute approximate surface area is 108 Å². The van der Waals surface area contributed by atoms with Gasteiger partial charge in [-0.2, -0.15) is 0 Å². The van der Waals surface area contributed by atoms with Gasteiger partial charge in [-0.1, -0.05) is 0 Å². The maximum Gasteiger partial charge on any atom is 0.194 e. The first-order chi connectivity index (χ1) is 8.84. The molecule has 2 N–H and O–H groups in total. The molecule has 0 aliphatic carbocycles. The number of rotatable bonds is 2. The monoisotopic (exact) mass is 269 g/mol. The molecule has 0 spiro atoms. The fourth-order valence-corrected chi connectivity index (χ4v) is 2.05. The van der Waals surface area contributed by atoms with Gasteiger partial charge < -0.3 is 10.1 Å². The quantitative estimate of drug-likeness (QED) is 0.805. The summed E-state index contributed by atoms with van der Waals surface area (Å²) in [6.45, 7) is 5.45. The predicted molar refractivity (Wildman–Crippen MR) is 65.4 cm³/mol. The lowest BCUT2D eigenvalue weighted by Crippen LogP contribution is -2.07. The van der Waals surface area contributed by atoms with Gasteiger partial charge in [0.2, 0.25) is 0 Å². The van der Waals surface area contributed by atoms with Crippen LogP contribution in [0.25, 0.3) is 0 Å². The van der Waals surface area contributed by atoms with Gasteiger partial charge in [0, 0.05) is 11.3 Å². The first kappa shape index (κ1) is 13.7. The first-order valence-electron chi connectivity index (χ1n) is 5.81. The fraction of sp³-hybridized carbons (Fsp3) is 0.286. The van der Waals surface area contributed by atoms with E-state index in [1.807, 2.05) is 13.8 Å². The largest absolute Gasteiger partial charge is 0.382 e. The van der Waals surface area contributed by atoms with Crippen LogP contribution >= 0.6 is 0 Å². The topological polar surface area (TPSA) is 36.0 Å². The second kappa shape index (κ2) is 4.74. The molecule has 0 aliphatic rings. The summed E-state index contributed by atoms with van der Waals surface area (Å²) in [6.07, 6.45) is -1.36. The van der Waals surface area contributed by atoms with Crippen LogP contribution in [0.2, 0.25) is 0 Å². The summed E-state index contributed by atoms with van der Waals surface area (Å²) < 4.78 is 39.7. The van der Waals surface area contributed by atoms with Crippen molar-refractivity contribution in [2.24, 2.45) is 0 Å². The van der Waals surface area contributed by atoms with Gasteiger partial charge in [0.1, 0.15) is 6.10 Å². The van der Waals surface area contributed by atoms with Crippen LogP contribution in [0.1, 0.15) is 34.2 Å². The highest BCUT2D eigenvalue weighted by atomic mass is 19.2. The van der Waals surface area contributed by atoms with E-state index < -0.39 is 23.6 Å². The molecule has 1 unspecified atom stereocenters. The summed E-state index contributed by atoms with van der Waals surface area (Å²) in [6, 6.07) is 1.85. The van der Waals surface area contributed by atoms with Crippen LogP contribution in [-0.2, 0) is 0 Å². The van der Waals surface area contributed by atoms with Crippen LogP contribution in [0, 0.1) is 38.2 Å². The van der Waals surface area contributed by atoms with Gasteiger partial charge >= 0.3 is 0 Å². The molecular weight excluding hydrogens is 255 g/mol. The Morgan fingerprint density at radius 2 is 1.63 bits per heavy atom. The lowest BCUT2D eigenvalue weighted by atomic mass is 10.0. The Morgan fingerprint density at radius 1 is 1.00 bits per heavy atom. The minimum Gasteiger partial charge on any atom is -0.382 e. The molecule has 1 atom stereocenters. The molecule has 2 rings (SSSR count). The van der Waals surface area contributed by atoms with Crippen LogP contribution in [-0.4, -0.2) is 10.1 Å². The molecule has 0 radical (unpaired) electrons. The van der Waals surface area contributed by atoms with E-state index >= 15 is 0 Å². The third-order valence-electron chi connectivity index (χ3n) is 3.48. The Bertz CT molecular complexity index is 634. The summed E-state index contributed by atoms with van der Waals surface area (Å²) in [5, 5.41) is 10.1. The summed E-state index contributed by atoms with van der Waals surface area (Å²) in [5.74, 6) is -4.21. The van der Waals surface area contributed by atoms with E-state index in [1.165, 1.54) is 0 Å². The molecule has 0 saturated heterocycles. The van der Waals surface area contributed by atoms with E-state index in [-0.39, 0.29) is 5.56 Å². The number of halogens is 3. The normalized spacial score (nSPS) is 12.8. The molecule has 5 heteroatoms. The summed E-state index contributed by atoms with van der Waals surface area (Å²) >= 11 is 0. The number of aryl methyl sites for hydroxylation is 1. The van der Waals surface area contributed by atoms with E-state index in [4.69, 9.17) is 0 Å². The zero-order valence-corrected chi connectivity index (χ0v) is 10.8. The smallest absolute Gasteiger partial charge is 0.194 e. The van der Waals surface area contributed by atoms with Gasteiger partial charge in [-0.3, -0.25) is 0 Å². The number of hydrogen-bond acceptors (Lipinski definition) is 1. The van der Waals surface area contributed by atoms with Crippen molar-refractivity contribution >= 4 is 0 Å². The van der Waals surface area contributed by atoms with Crippen molar-refractivity contribution in [2.75, 3.05) is 0 Å². The molecule has 102 valence electrons. The Hall–Kier alpha value is -1.75. The van der Waals surface area contributed by atoms with Crippen LogP contribution in [0.15, 0.2) is 12.1 Å². The van der Waals surface area contributed by atoms with Crippen LogP contribution < -0.4 is 0 Å². The third-order valence-corrected chi connectivity index (χ3v) is 3.48. The molecule has 0 fully saturated rings. The van der Waals surface area contributed by atoms with E-state index in [9.17, 15) is 18.3 Å². The summed E-state index contributed by atoms with van der Waals surface area (Å²) in [7, 11) is 0. The number of aromatic nitrogens is 1. The van der Waals surface area contributed by atoms with Crippen molar-refractivity contribution in [1.29, 1.82) is 0 Å². The highest BCUT2D eigenvalue weighted by Crippen LogP contribution is 2.30. The molecule has 0 bridgehead atoms. The molecule has 0 aliphatic heterocycles. The van der Waals surface area contributed by atoms with Crippen molar-refractivity contribution in [3.8, 4) is 0 Å². The third kappa shape index (κ3) is 2.14. The molecule has 1 aromatic heterocycles. The van der Waals surface area contributed by atoms with Crippen molar-refractivity contribution in [3.05, 3.63) is 57.7 Å². The lowest BCUT2D eigenvalue weighted by Gasteiger charge is -2.12. The van der Waals surface area contributed by atoms with Crippen LogP contribution in [0.3, 0.4) is 0 Å². The predicted octanol–water partition coefficient (Wildman–Crippen LogP) is 3.44. The summed E-state index contributed by atoms with van der Waals surface area (Å²) in [5.41, 5.74) is 2.66. The molecule has 2 aromatic rings. The minimum absolute atomic E-state index is 0.289. The zero-order chi connectivity index (χ0) is 14.3. The van der Waals surface area contributed by atoms with Crippen molar-refractivity contribution in [1.82, 2.24) is 4.98 Å². The van der Waals surface area contributed by atoms with E-state index in [0.717, 1.165) is 29.0 Å². The fourth-order valence-electron chi connectivity index (χ4n) is 2.05. The van der Waals surface area contributed by atoms with Crippen molar-refractivity contribution in [2.45, 2.75) is 26.9 Å². The van der Waals surface area contributed by atoms with Gasteiger partial charge in [-0.05, 0) is 44.0 Å². The SMILES string of the molecule is Cc1[nH]c(C(O)c2ccc(F)c(F)c2F)c(C)c1C. The highest BCUT2D eigenvalue weighted by Gasteiger charge is 2.23.